The van der Waals surface area contributed by atoms with E-state index in [4.69, 9.17) is 31.5 Å². The summed E-state index contributed by atoms with van der Waals surface area (Å²) in [5.41, 5.74) is 19.4. The summed E-state index contributed by atoms with van der Waals surface area (Å²) in [6, 6.07) is 130. The van der Waals surface area contributed by atoms with Crippen LogP contribution in [0.5, 0.6) is 0 Å². The number of rotatable bonds is 5. The van der Waals surface area contributed by atoms with Crippen molar-refractivity contribution in [2.45, 2.75) is 6.42 Å². The number of fused-ring (bicyclic) bond motifs is 26. The van der Waals surface area contributed by atoms with E-state index >= 15 is 0 Å². The number of thiophene rings is 2. The molecule has 1 aliphatic rings. The molecule has 0 spiro atoms. The van der Waals surface area contributed by atoms with Gasteiger partial charge in [0.15, 0.2) is 0 Å². The van der Waals surface area contributed by atoms with Crippen molar-refractivity contribution >= 4 is 205 Å². The molecule has 26 rings (SSSR count). The third-order valence-electron chi connectivity index (χ3n) is 23.6. The molecule has 10 heteroatoms. The Hall–Kier alpha value is -14.2. The van der Waals surface area contributed by atoms with Gasteiger partial charge >= 0.3 is 0 Å². The molecular weight excluding hydrogens is 1460 g/mol. The first-order valence-corrected chi connectivity index (χ1v) is 40.9. The zero-order chi connectivity index (χ0) is 75.5. The summed E-state index contributed by atoms with van der Waals surface area (Å²) in [6.07, 6.45) is 1.08. The van der Waals surface area contributed by atoms with Crippen LogP contribution in [0.1, 0.15) is 11.1 Å². The van der Waals surface area contributed by atoms with Crippen LogP contribution in [0, 0.1) is 0 Å². The van der Waals surface area contributed by atoms with Crippen molar-refractivity contribution in [2.24, 2.45) is 0 Å². The van der Waals surface area contributed by atoms with Crippen LogP contribution in [0.3, 0.4) is 0 Å². The predicted molar refractivity (Wildman–Crippen MR) is 488 cm³/mol. The molecule has 7 aromatic heterocycles. The summed E-state index contributed by atoms with van der Waals surface area (Å²) in [6.45, 7) is 0. The highest BCUT2D eigenvalue weighted by molar-refractivity contribution is 7.26. The van der Waals surface area contributed by atoms with E-state index in [-0.39, 0.29) is 0 Å². The van der Waals surface area contributed by atoms with Gasteiger partial charge in [0, 0.05) is 105 Å². The molecule has 0 saturated carbocycles. The van der Waals surface area contributed by atoms with Gasteiger partial charge in [0.05, 0.1) is 55.5 Å². The Labute approximate surface area is 671 Å². The van der Waals surface area contributed by atoms with Crippen molar-refractivity contribution in [2.75, 3.05) is 0 Å². The Morgan fingerprint density at radius 1 is 0.243 bits per heavy atom. The number of para-hydroxylation sites is 3. The van der Waals surface area contributed by atoms with Gasteiger partial charge in [-0.2, -0.15) is 0 Å². The molecular formula is C105H62ClN7S2. The van der Waals surface area contributed by atoms with E-state index in [0.29, 0.717) is 16.9 Å². The van der Waals surface area contributed by atoms with Crippen molar-refractivity contribution in [3.63, 3.8) is 0 Å². The van der Waals surface area contributed by atoms with Crippen LogP contribution < -0.4 is 0 Å². The number of hydrogen-bond donors (Lipinski definition) is 0. The second kappa shape index (κ2) is 25.9. The molecule has 0 radical (unpaired) electrons. The van der Waals surface area contributed by atoms with Crippen LogP contribution >= 0.6 is 34.3 Å². The molecule has 18 aromatic carbocycles. The van der Waals surface area contributed by atoms with Gasteiger partial charge in [0.1, 0.15) is 0 Å². The highest BCUT2D eigenvalue weighted by atomic mass is 35.5. The molecule has 0 N–H and O–H groups in total. The highest BCUT2D eigenvalue weighted by Gasteiger charge is 2.26. The first kappa shape index (κ1) is 65.5. The Balaban J connectivity index is 0.000000113. The Morgan fingerprint density at radius 2 is 0.678 bits per heavy atom. The second-order valence-electron chi connectivity index (χ2n) is 30.0. The molecule has 0 fully saturated rings. The molecule has 0 bridgehead atoms. The Kier molecular flexibility index (Phi) is 14.8. The molecule has 0 atom stereocenters. The van der Waals surface area contributed by atoms with Gasteiger partial charge in [-0.3, -0.25) is 9.13 Å². The van der Waals surface area contributed by atoms with Crippen LogP contribution in [0.25, 0.3) is 222 Å². The van der Waals surface area contributed by atoms with Crippen LogP contribution in [0.2, 0.25) is 5.02 Å². The van der Waals surface area contributed by atoms with Crippen molar-refractivity contribution < 1.29 is 0 Å². The second-order valence-corrected chi connectivity index (χ2v) is 32.5. The third kappa shape index (κ3) is 10.3. The Bertz CT molecular complexity index is 8450. The summed E-state index contributed by atoms with van der Waals surface area (Å²) < 4.78 is 11.9. The fourth-order valence-corrected chi connectivity index (χ4v) is 21.1. The normalized spacial score (nSPS) is 12.2. The lowest BCUT2D eigenvalue weighted by atomic mass is 10.0. The van der Waals surface area contributed by atoms with E-state index < -0.39 is 0 Å². The summed E-state index contributed by atoms with van der Waals surface area (Å²) in [4.78, 5) is 21.4. The predicted octanol–water partition coefficient (Wildman–Crippen LogP) is 29.1. The molecule has 0 aliphatic heterocycles. The topological polar surface area (TPSA) is 66.3 Å². The van der Waals surface area contributed by atoms with Gasteiger partial charge in [-0.15, -0.1) is 22.7 Å². The molecule has 115 heavy (non-hydrogen) atoms. The summed E-state index contributed by atoms with van der Waals surface area (Å²) in [5.74, 6) is 1.31. The number of benzene rings is 18. The Morgan fingerprint density at radius 3 is 1.28 bits per heavy atom. The summed E-state index contributed by atoms with van der Waals surface area (Å²) in [7, 11) is 0. The lowest BCUT2D eigenvalue weighted by Crippen LogP contribution is -2.03. The molecule has 536 valence electrons. The van der Waals surface area contributed by atoms with E-state index in [9.17, 15) is 0 Å². The maximum absolute atomic E-state index is 6.56. The molecule has 7 nitrogen and oxygen atoms in total. The lowest BCUT2D eigenvalue weighted by molar-refractivity contribution is 1.01. The smallest absolute Gasteiger partial charge is 0.235 e. The van der Waals surface area contributed by atoms with E-state index in [1.807, 2.05) is 34.8 Å². The fourth-order valence-electron chi connectivity index (χ4n) is 18.5. The average molecular weight is 1520 g/mol. The molecule has 1 aliphatic carbocycles. The van der Waals surface area contributed by atoms with Crippen molar-refractivity contribution in [1.82, 2.24) is 33.6 Å². The number of halogens is 1. The summed E-state index contributed by atoms with van der Waals surface area (Å²) in [5, 5.41) is 24.9. The quantitative estimate of drug-likeness (QED) is 0.172. The maximum atomic E-state index is 6.56. The largest absolute Gasteiger partial charge is 0.309 e. The SMILES string of the molecule is Clc1ccc2c(c1)c1c3ccccc3ccc1n2-c1nc(-c2cccc3c2sc2ccccc23)c2ccccc2n1.c1ccc2c(c1)Cc1cc3ccccc3cc1-2.c1ccc2cc3c(cc2c1)c1ccccc1n3-c1ccc2c(c1)c1c3ccccc3ccc1n2-c1nc(-c2cccc3c2sc2ccccc23)c2ccccc2n1. The summed E-state index contributed by atoms with van der Waals surface area (Å²) >= 11 is 10.2. The number of hydrogen-bond acceptors (Lipinski definition) is 6. The van der Waals surface area contributed by atoms with E-state index in [0.717, 1.165) is 94.7 Å². The van der Waals surface area contributed by atoms with Gasteiger partial charge in [-0.25, -0.2) is 19.9 Å². The van der Waals surface area contributed by atoms with Crippen molar-refractivity contribution in [3.8, 4) is 51.2 Å². The fraction of sp³-hybridized carbons (Fsp3) is 0.00952. The van der Waals surface area contributed by atoms with Crippen LogP contribution in [0.15, 0.2) is 364 Å². The van der Waals surface area contributed by atoms with Gasteiger partial charge in [-0.1, -0.05) is 279 Å². The lowest BCUT2D eigenvalue weighted by Gasteiger charge is -2.13. The molecule has 0 unspecified atom stereocenters. The highest BCUT2D eigenvalue weighted by Crippen LogP contribution is 2.48. The van der Waals surface area contributed by atoms with Gasteiger partial charge in [0.25, 0.3) is 0 Å². The number of nitrogens with zero attached hydrogens (tertiary/aromatic N) is 7. The van der Waals surface area contributed by atoms with Crippen LogP contribution in [-0.4, -0.2) is 33.6 Å². The number of aromatic nitrogens is 7. The van der Waals surface area contributed by atoms with Gasteiger partial charge < -0.3 is 4.57 Å². The molecule has 0 saturated heterocycles. The van der Waals surface area contributed by atoms with Gasteiger partial charge in [0.2, 0.25) is 11.9 Å². The van der Waals surface area contributed by atoms with Crippen LogP contribution in [-0.2, 0) is 6.42 Å². The molecule has 25 aromatic rings. The molecule has 7 heterocycles. The zero-order valence-electron chi connectivity index (χ0n) is 61.7. The third-order valence-corrected chi connectivity index (χ3v) is 26.3. The van der Waals surface area contributed by atoms with Crippen LogP contribution in [0.4, 0.5) is 0 Å². The molecule has 0 amide bonds. The minimum absolute atomic E-state index is 0.648. The monoisotopic (exact) mass is 1520 g/mol. The minimum atomic E-state index is 0.648. The first-order chi connectivity index (χ1) is 56.9. The van der Waals surface area contributed by atoms with E-state index in [1.54, 1.807) is 0 Å². The maximum Gasteiger partial charge on any atom is 0.235 e. The minimum Gasteiger partial charge on any atom is -0.309 e. The van der Waals surface area contributed by atoms with E-state index in [2.05, 4.69) is 366 Å². The van der Waals surface area contributed by atoms with E-state index in [1.165, 1.54) is 133 Å². The average Bonchev–Trinajstić information content (AvgIpc) is 1.58. The standard InChI is InChI=1S/C52H30N4S.C36H20ClN3S.C17H12/c1-2-14-33-29-47-41(28-32(33)13-1)36-16-6-9-22-44(36)55(47)34-25-27-45-42(30-34)49-35-15-4-3-12-31(35)24-26-46(49)56(45)52-53-43-21-8-5-18-39(43)50(54-52)40-20-11-19-38-37-17-7-10-23-48(37)57-51(38)40;37-22-17-19-30-28(20-22)33-23-9-2-1-8-21(23)16-18-31(33)40(30)36-38-29-14-5-3-11-26(29)34(39-36)27-13-7-12-25-24-10-4-6-15-32(24)41-35(25)27;1-2-6-13-11-17-15(9-12(13)5-1)10-14-7-3-4-8-16(14)17/h1-30H;1-20H;1-9,11H,10H2. The van der Waals surface area contributed by atoms with Crippen molar-refractivity contribution in [1.29, 1.82) is 0 Å². The van der Waals surface area contributed by atoms with Crippen molar-refractivity contribution in [3.05, 3.63) is 380 Å². The first-order valence-electron chi connectivity index (χ1n) is 38.9. The van der Waals surface area contributed by atoms with Gasteiger partial charge in [-0.05, 0) is 169 Å². The zero-order valence-corrected chi connectivity index (χ0v) is 64.1.